The van der Waals surface area contributed by atoms with Gasteiger partial charge in [-0.25, -0.2) is 14.2 Å². The summed E-state index contributed by atoms with van der Waals surface area (Å²) < 4.78 is 26.4. The zero-order valence-corrected chi connectivity index (χ0v) is 24.9. The van der Waals surface area contributed by atoms with E-state index < -0.39 is 18.5 Å². The molecule has 3 aromatic carbocycles. The first kappa shape index (κ1) is 30.1. The van der Waals surface area contributed by atoms with Crippen LogP contribution in [0.1, 0.15) is 27.9 Å². The largest absolute Gasteiger partial charge is 0.478 e. The number of anilines is 3. The highest BCUT2D eigenvalue weighted by molar-refractivity contribution is 5.94. The lowest BCUT2D eigenvalue weighted by molar-refractivity contribution is 0.0223. The highest BCUT2D eigenvalue weighted by Crippen LogP contribution is 2.35. The van der Waals surface area contributed by atoms with E-state index in [0.717, 1.165) is 28.0 Å². The molecule has 0 saturated carbocycles. The van der Waals surface area contributed by atoms with Crippen molar-refractivity contribution in [2.24, 2.45) is 0 Å². The molecule has 3 heterocycles. The zero-order valence-electron chi connectivity index (χ0n) is 24.9. The number of hydrogen-bond acceptors (Lipinski definition) is 9. The number of methoxy groups -OCH3 is 1. The maximum absolute atomic E-state index is 14.4. The van der Waals surface area contributed by atoms with Gasteiger partial charge in [0, 0.05) is 49.8 Å². The Kier molecular flexibility index (Phi) is 8.65. The molecule has 1 aliphatic rings. The van der Waals surface area contributed by atoms with Crippen molar-refractivity contribution in [3.8, 4) is 11.1 Å². The molecule has 0 amide bonds. The Labute approximate surface area is 259 Å². The number of pyridine rings is 1. The number of rotatable bonds is 10. The van der Waals surface area contributed by atoms with E-state index in [2.05, 4.69) is 20.5 Å². The number of nitrogens with zero attached hydrogens (tertiary/aromatic N) is 3. The molecule has 2 aromatic heterocycles. The third-order valence-electron chi connectivity index (χ3n) is 8.10. The Morgan fingerprint density at radius 3 is 2.47 bits per heavy atom. The molecular formula is C34H34FN5O5. The summed E-state index contributed by atoms with van der Waals surface area (Å²) in [5, 5.41) is 27.3. The summed E-state index contributed by atoms with van der Waals surface area (Å²) in [6.45, 7) is 4.33. The molecule has 0 radical (unpaired) electrons. The lowest BCUT2D eigenvalue weighted by Gasteiger charge is -2.38. The number of fused-ring (bicyclic) bond motifs is 1. The minimum absolute atomic E-state index is 0.105. The Morgan fingerprint density at radius 2 is 1.76 bits per heavy atom. The second kappa shape index (κ2) is 12.9. The molecule has 11 heteroatoms. The van der Waals surface area contributed by atoms with Crippen LogP contribution in [0.3, 0.4) is 0 Å². The van der Waals surface area contributed by atoms with Crippen LogP contribution in [0.4, 0.5) is 21.6 Å². The van der Waals surface area contributed by atoms with Crippen molar-refractivity contribution in [2.75, 3.05) is 48.8 Å². The van der Waals surface area contributed by atoms with Crippen molar-refractivity contribution >= 4 is 34.1 Å². The minimum atomic E-state index is -1.06. The Balaban J connectivity index is 1.09. The molecule has 232 valence electrons. The number of aliphatic hydroxyl groups is 1. The van der Waals surface area contributed by atoms with Crippen LogP contribution in [0.25, 0.3) is 22.1 Å². The molecule has 2 unspecified atom stereocenters. The van der Waals surface area contributed by atoms with Gasteiger partial charge in [0.05, 0.1) is 23.1 Å². The molecule has 0 aliphatic carbocycles. The van der Waals surface area contributed by atoms with Crippen LogP contribution in [-0.2, 0) is 4.74 Å². The van der Waals surface area contributed by atoms with Gasteiger partial charge < -0.3 is 34.9 Å². The number of aromatic nitrogens is 1. The van der Waals surface area contributed by atoms with Gasteiger partial charge in [0.2, 0.25) is 0 Å². The van der Waals surface area contributed by atoms with Crippen molar-refractivity contribution in [1.29, 1.82) is 0 Å². The number of aryl methyl sites for hydroxylation is 1. The van der Waals surface area contributed by atoms with Gasteiger partial charge in [-0.3, -0.25) is 4.90 Å². The number of para-hydroxylation sites is 1. The third-order valence-corrected chi connectivity index (χ3v) is 8.10. The summed E-state index contributed by atoms with van der Waals surface area (Å²) >= 11 is 0. The molecule has 45 heavy (non-hydrogen) atoms. The number of carboxylic acid groups (broad SMARTS) is 1. The van der Waals surface area contributed by atoms with Gasteiger partial charge in [0.15, 0.2) is 18.3 Å². The summed E-state index contributed by atoms with van der Waals surface area (Å²) in [7, 11) is 1.60. The molecule has 0 spiro atoms. The van der Waals surface area contributed by atoms with E-state index in [9.17, 15) is 19.4 Å². The lowest BCUT2D eigenvalue weighted by Crippen LogP contribution is -2.53. The molecular weight excluding hydrogens is 577 g/mol. The second-order valence-electron chi connectivity index (χ2n) is 10.8. The number of hydrogen-bond donors (Lipinski definition) is 4. The number of aromatic carboxylic acids is 1. The monoisotopic (exact) mass is 611 g/mol. The van der Waals surface area contributed by atoms with Crippen LogP contribution >= 0.6 is 0 Å². The number of furan rings is 1. The smallest absolute Gasteiger partial charge is 0.337 e. The maximum Gasteiger partial charge on any atom is 0.337 e. The number of halogens is 1. The molecule has 1 fully saturated rings. The van der Waals surface area contributed by atoms with Crippen LogP contribution in [0.2, 0.25) is 0 Å². The van der Waals surface area contributed by atoms with Crippen molar-refractivity contribution in [3.05, 3.63) is 108 Å². The molecule has 0 bridgehead atoms. The number of piperazine rings is 1. The van der Waals surface area contributed by atoms with E-state index in [4.69, 9.17) is 9.15 Å². The fourth-order valence-electron chi connectivity index (χ4n) is 5.62. The highest BCUT2D eigenvalue weighted by atomic mass is 19.1. The number of aliphatic hydroxyl groups excluding tert-OH is 1. The summed E-state index contributed by atoms with van der Waals surface area (Å²) in [5.74, 6) is 0.0880. The summed E-state index contributed by atoms with van der Waals surface area (Å²) in [5.41, 5.74) is 4.10. The SMILES string of the molecule is COC(Nc1ccc(N2CCN(C(O)Nc3ccccc3C(=O)O)CC2)nc1)c1oc2ccc(-c3ccccc3F)cc2c1C. The van der Waals surface area contributed by atoms with Crippen LogP contribution in [0.5, 0.6) is 0 Å². The first-order valence-electron chi connectivity index (χ1n) is 14.6. The predicted octanol–water partition coefficient (Wildman–Crippen LogP) is 5.91. The minimum Gasteiger partial charge on any atom is -0.478 e. The molecule has 1 aliphatic heterocycles. The molecule has 2 atom stereocenters. The van der Waals surface area contributed by atoms with E-state index >= 15 is 0 Å². The standard InChI is InChI=1S/C34H34FN5O5/c1-21-26-19-22(24-7-3-5-9-27(24)35)11-13-29(26)45-31(21)32(44-2)37-23-12-14-30(36-20-23)39-15-17-40(18-16-39)34(43)38-28-10-6-4-8-25(28)33(41)42/h3-14,19-20,32,34,37-38,43H,15-18H2,1-2H3,(H,41,42). The maximum atomic E-state index is 14.4. The van der Waals surface area contributed by atoms with E-state index in [1.807, 2.05) is 48.2 Å². The Bertz CT molecular complexity index is 1800. The number of nitrogens with one attached hydrogen (secondary N) is 2. The van der Waals surface area contributed by atoms with Gasteiger partial charge in [-0.1, -0.05) is 36.4 Å². The molecule has 6 rings (SSSR count). The number of carbonyl (C=O) groups is 1. The first-order valence-corrected chi connectivity index (χ1v) is 14.6. The van der Waals surface area contributed by atoms with E-state index in [0.29, 0.717) is 48.8 Å². The number of ether oxygens (including phenoxy) is 1. The summed E-state index contributed by atoms with van der Waals surface area (Å²) in [6.07, 6.45) is 0.137. The van der Waals surface area contributed by atoms with E-state index in [1.165, 1.54) is 12.1 Å². The summed E-state index contributed by atoms with van der Waals surface area (Å²) in [6, 6.07) is 22.7. The molecule has 4 N–H and O–H groups in total. The molecule has 5 aromatic rings. The number of benzene rings is 3. The Morgan fingerprint density at radius 1 is 1.00 bits per heavy atom. The quantitative estimate of drug-likeness (QED) is 0.142. The van der Waals surface area contributed by atoms with Gasteiger partial charge in [-0.2, -0.15) is 0 Å². The Hall–Kier alpha value is -4.97. The lowest BCUT2D eigenvalue weighted by atomic mass is 10.0. The van der Waals surface area contributed by atoms with Gasteiger partial charge >= 0.3 is 5.97 Å². The van der Waals surface area contributed by atoms with Crippen LogP contribution < -0.4 is 15.5 Å². The topological polar surface area (TPSA) is 123 Å². The number of carboxylic acids is 1. The third kappa shape index (κ3) is 6.32. The normalized spacial score (nSPS) is 15.2. The van der Waals surface area contributed by atoms with E-state index in [1.54, 1.807) is 43.6 Å². The van der Waals surface area contributed by atoms with E-state index in [-0.39, 0.29) is 11.4 Å². The predicted molar refractivity (Wildman–Crippen MR) is 171 cm³/mol. The van der Waals surface area contributed by atoms with Crippen LogP contribution in [-0.4, -0.2) is 65.7 Å². The van der Waals surface area contributed by atoms with Crippen LogP contribution in [0, 0.1) is 12.7 Å². The molecule has 10 nitrogen and oxygen atoms in total. The second-order valence-corrected chi connectivity index (χ2v) is 10.8. The van der Waals surface area contributed by atoms with Crippen molar-refractivity contribution in [3.63, 3.8) is 0 Å². The van der Waals surface area contributed by atoms with Crippen molar-refractivity contribution in [2.45, 2.75) is 19.5 Å². The van der Waals surface area contributed by atoms with Gasteiger partial charge in [0.1, 0.15) is 17.2 Å². The summed E-state index contributed by atoms with van der Waals surface area (Å²) in [4.78, 5) is 20.1. The molecule has 1 saturated heterocycles. The fraction of sp³-hybridized carbons (Fsp3) is 0.235. The first-order chi connectivity index (χ1) is 21.8. The van der Waals surface area contributed by atoms with Crippen LogP contribution in [0.15, 0.2) is 89.5 Å². The average Bonchev–Trinajstić information content (AvgIpc) is 3.39. The van der Waals surface area contributed by atoms with Gasteiger partial charge in [-0.05, 0) is 55.0 Å². The van der Waals surface area contributed by atoms with Crippen molar-refractivity contribution < 1.29 is 28.6 Å². The van der Waals surface area contributed by atoms with Gasteiger partial charge in [-0.15, -0.1) is 0 Å². The van der Waals surface area contributed by atoms with Crippen molar-refractivity contribution in [1.82, 2.24) is 9.88 Å². The highest BCUT2D eigenvalue weighted by Gasteiger charge is 2.25. The fourth-order valence-corrected chi connectivity index (χ4v) is 5.62. The van der Waals surface area contributed by atoms with Gasteiger partial charge in [0.25, 0.3) is 0 Å². The zero-order chi connectivity index (χ0) is 31.5. The average molecular weight is 612 g/mol.